The number of carbonyl (C=O) groups is 1. The summed E-state index contributed by atoms with van der Waals surface area (Å²) < 4.78 is 0. The van der Waals surface area contributed by atoms with Crippen LogP contribution in [-0.4, -0.2) is 24.2 Å². The minimum absolute atomic E-state index is 0.0171. The molecule has 1 aliphatic rings. The quantitative estimate of drug-likeness (QED) is 0.597. The fourth-order valence-electron chi connectivity index (χ4n) is 2.96. The molecule has 0 heterocycles. The van der Waals surface area contributed by atoms with Gasteiger partial charge in [0.2, 0.25) is 5.91 Å². The van der Waals surface area contributed by atoms with Gasteiger partial charge >= 0.3 is 0 Å². The summed E-state index contributed by atoms with van der Waals surface area (Å²) >= 11 is 0. The van der Waals surface area contributed by atoms with E-state index in [2.05, 4.69) is 12.2 Å². The average molecular weight is 269 g/mol. The van der Waals surface area contributed by atoms with E-state index < -0.39 is 0 Å². The van der Waals surface area contributed by atoms with Crippen LogP contribution < -0.4 is 5.32 Å². The van der Waals surface area contributed by atoms with E-state index in [-0.39, 0.29) is 17.9 Å². The van der Waals surface area contributed by atoms with Crippen LogP contribution >= 0.6 is 0 Å². The van der Waals surface area contributed by atoms with Gasteiger partial charge in [0, 0.05) is 18.4 Å². The molecule has 0 aliphatic heterocycles. The van der Waals surface area contributed by atoms with E-state index in [0.29, 0.717) is 13.0 Å². The molecular weight excluding hydrogens is 238 g/mol. The molecule has 3 nitrogen and oxygen atoms in total. The van der Waals surface area contributed by atoms with Crippen molar-refractivity contribution in [1.82, 2.24) is 5.32 Å². The van der Waals surface area contributed by atoms with E-state index in [4.69, 9.17) is 0 Å². The van der Waals surface area contributed by atoms with E-state index >= 15 is 0 Å². The molecule has 0 spiro atoms. The maximum Gasteiger partial charge on any atom is 0.220 e. The van der Waals surface area contributed by atoms with Crippen molar-refractivity contribution in [2.75, 3.05) is 13.2 Å². The summed E-state index contributed by atoms with van der Waals surface area (Å²) in [7, 11) is 0. The molecule has 0 unspecified atom stereocenters. The summed E-state index contributed by atoms with van der Waals surface area (Å²) in [5, 5.41) is 12.5. The van der Waals surface area contributed by atoms with Gasteiger partial charge in [0.25, 0.3) is 0 Å². The molecule has 1 rings (SSSR count). The van der Waals surface area contributed by atoms with Crippen LogP contribution in [0.5, 0.6) is 0 Å². The SMILES string of the molecule is CCCCCCCCC(=O)NCC1(CO)CCCC1. The largest absolute Gasteiger partial charge is 0.396 e. The Morgan fingerprint density at radius 1 is 1.11 bits per heavy atom. The first-order valence-electron chi connectivity index (χ1n) is 8.10. The molecule has 1 saturated carbocycles. The summed E-state index contributed by atoms with van der Waals surface area (Å²) in [6, 6.07) is 0. The standard InChI is InChI=1S/C16H31NO2/c1-2-3-4-5-6-7-10-15(19)17-13-16(14-18)11-8-9-12-16/h18H,2-14H2,1H3,(H,17,19). The monoisotopic (exact) mass is 269 g/mol. The summed E-state index contributed by atoms with van der Waals surface area (Å²) in [5.74, 6) is 0.162. The molecule has 1 fully saturated rings. The minimum Gasteiger partial charge on any atom is -0.396 e. The van der Waals surface area contributed by atoms with Crippen molar-refractivity contribution in [3.63, 3.8) is 0 Å². The first kappa shape index (κ1) is 16.5. The second-order valence-electron chi connectivity index (χ2n) is 6.16. The van der Waals surface area contributed by atoms with Gasteiger partial charge in [0.1, 0.15) is 0 Å². The molecule has 0 atom stereocenters. The lowest BCUT2D eigenvalue weighted by Crippen LogP contribution is -2.38. The number of hydrogen-bond acceptors (Lipinski definition) is 2. The first-order chi connectivity index (χ1) is 9.22. The highest BCUT2D eigenvalue weighted by atomic mass is 16.3. The second kappa shape index (κ2) is 9.35. The maximum atomic E-state index is 11.8. The van der Waals surface area contributed by atoms with Crippen LogP contribution in [0.25, 0.3) is 0 Å². The average Bonchev–Trinajstić information content (AvgIpc) is 2.90. The van der Waals surface area contributed by atoms with Crippen molar-refractivity contribution in [2.45, 2.75) is 77.6 Å². The van der Waals surface area contributed by atoms with Crippen molar-refractivity contribution in [3.8, 4) is 0 Å². The number of nitrogens with one attached hydrogen (secondary N) is 1. The number of amides is 1. The predicted molar refractivity (Wildman–Crippen MR) is 79.0 cm³/mol. The van der Waals surface area contributed by atoms with E-state index in [1.165, 1.54) is 44.9 Å². The molecule has 0 aromatic carbocycles. The van der Waals surface area contributed by atoms with Crippen LogP contribution in [0.4, 0.5) is 0 Å². The van der Waals surface area contributed by atoms with E-state index in [9.17, 15) is 9.90 Å². The summed E-state index contributed by atoms with van der Waals surface area (Å²) in [4.78, 5) is 11.8. The molecule has 0 radical (unpaired) electrons. The van der Waals surface area contributed by atoms with Gasteiger partial charge < -0.3 is 10.4 Å². The molecule has 0 aromatic rings. The molecule has 1 aliphatic carbocycles. The molecular formula is C16H31NO2. The number of rotatable bonds is 10. The Kier molecular flexibility index (Phi) is 8.11. The Morgan fingerprint density at radius 3 is 2.37 bits per heavy atom. The number of aliphatic hydroxyl groups excluding tert-OH is 1. The second-order valence-corrected chi connectivity index (χ2v) is 6.16. The van der Waals surface area contributed by atoms with Crippen LogP contribution in [0.15, 0.2) is 0 Å². The topological polar surface area (TPSA) is 49.3 Å². The first-order valence-corrected chi connectivity index (χ1v) is 8.10. The van der Waals surface area contributed by atoms with Crippen molar-refractivity contribution < 1.29 is 9.90 Å². The highest BCUT2D eigenvalue weighted by Crippen LogP contribution is 2.36. The zero-order valence-corrected chi connectivity index (χ0v) is 12.5. The van der Waals surface area contributed by atoms with Gasteiger partial charge in [-0.15, -0.1) is 0 Å². The third kappa shape index (κ3) is 6.42. The molecule has 1 amide bonds. The van der Waals surface area contributed by atoms with Gasteiger partial charge in [-0.3, -0.25) is 4.79 Å². The normalized spacial score (nSPS) is 17.6. The fraction of sp³-hybridized carbons (Fsp3) is 0.938. The van der Waals surface area contributed by atoms with Crippen molar-refractivity contribution >= 4 is 5.91 Å². The molecule has 0 aromatic heterocycles. The zero-order valence-electron chi connectivity index (χ0n) is 12.5. The van der Waals surface area contributed by atoms with Gasteiger partial charge in [0.15, 0.2) is 0 Å². The summed E-state index contributed by atoms with van der Waals surface area (Å²) in [6.45, 7) is 3.09. The lowest BCUT2D eigenvalue weighted by molar-refractivity contribution is -0.121. The minimum atomic E-state index is -0.0171. The van der Waals surface area contributed by atoms with Gasteiger partial charge in [-0.2, -0.15) is 0 Å². The van der Waals surface area contributed by atoms with E-state index in [1.807, 2.05) is 0 Å². The van der Waals surface area contributed by atoms with Crippen molar-refractivity contribution in [2.24, 2.45) is 5.41 Å². The Hall–Kier alpha value is -0.570. The molecule has 2 N–H and O–H groups in total. The Bertz CT molecular complexity index is 247. The van der Waals surface area contributed by atoms with Gasteiger partial charge in [-0.05, 0) is 19.3 Å². The van der Waals surface area contributed by atoms with Gasteiger partial charge in [-0.25, -0.2) is 0 Å². The smallest absolute Gasteiger partial charge is 0.220 e. The summed E-state index contributed by atoms with van der Waals surface area (Å²) in [5.41, 5.74) is -0.0171. The Morgan fingerprint density at radius 2 is 1.74 bits per heavy atom. The number of hydrogen-bond donors (Lipinski definition) is 2. The van der Waals surface area contributed by atoms with E-state index in [0.717, 1.165) is 19.3 Å². The molecule has 0 bridgehead atoms. The Labute approximate surface area is 118 Å². The van der Waals surface area contributed by atoms with Crippen LogP contribution in [-0.2, 0) is 4.79 Å². The molecule has 3 heteroatoms. The number of carbonyl (C=O) groups excluding carboxylic acids is 1. The van der Waals surface area contributed by atoms with Crippen molar-refractivity contribution in [3.05, 3.63) is 0 Å². The van der Waals surface area contributed by atoms with Gasteiger partial charge in [-0.1, -0.05) is 51.9 Å². The summed E-state index contributed by atoms with van der Waals surface area (Å²) in [6.07, 6.45) is 12.4. The maximum absolute atomic E-state index is 11.8. The fourth-order valence-corrected chi connectivity index (χ4v) is 2.96. The lowest BCUT2D eigenvalue weighted by atomic mass is 9.87. The molecule has 0 saturated heterocycles. The van der Waals surface area contributed by atoms with Crippen LogP contribution in [0.1, 0.15) is 77.6 Å². The third-order valence-electron chi connectivity index (χ3n) is 4.42. The lowest BCUT2D eigenvalue weighted by Gasteiger charge is -2.26. The zero-order chi connectivity index (χ0) is 14.0. The van der Waals surface area contributed by atoms with Crippen molar-refractivity contribution in [1.29, 1.82) is 0 Å². The highest BCUT2D eigenvalue weighted by Gasteiger charge is 2.33. The molecule has 112 valence electrons. The van der Waals surface area contributed by atoms with Crippen LogP contribution in [0, 0.1) is 5.41 Å². The third-order valence-corrected chi connectivity index (χ3v) is 4.42. The number of unbranched alkanes of at least 4 members (excludes halogenated alkanes) is 5. The van der Waals surface area contributed by atoms with E-state index in [1.54, 1.807) is 0 Å². The van der Waals surface area contributed by atoms with Crippen LogP contribution in [0.3, 0.4) is 0 Å². The number of aliphatic hydroxyl groups is 1. The predicted octanol–water partition coefficient (Wildman–Crippen LogP) is 3.41. The van der Waals surface area contributed by atoms with Crippen LogP contribution in [0.2, 0.25) is 0 Å². The Balaban J connectivity index is 2.04. The highest BCUT2D eigenvalue weighted by molar-refractivity contribution is 5.75. The van der Waals surface area contributed by atoms with Gasteiger partial charge in [0.05, 0.1) is 6.61 Å². The molecule has 19 heavy (non-hydrogen) atoms.